The summed E-state index contributed by atoms with van der Waals surface area (Å²) >= 11 is 0. The quantitative estimate of drug-likeness (QED) is 0.684. The molecule has 2 aromatic rings. The third-order valence-corrected chi connectivity index (χ3v) is 4.74. The Labute approximate surface area is 176 Å². The maximum atomic E-state index is 13.0. The molecule has 0 aliphatic heterocycles. The fourth-order valence-corrected chi connectivity index (χ4v) is 3.09. The molecule has 0 saturated heterocycles. The van der Waals surface area contributed by atoms with Gasteiger partial charge in [0, 0.05) is 20.0 Å². The first kappa shape index (κ1) is 22.9. The number of carboxylic acid groups (broad SMARTS) is 1. The highest BCUT2D eigenvalue weighted by Crippen LogP contribution is 2.15. The van der Waals surface area contributed by atoms with Gasteiger partial charge in [-0.1, -0.05) is 60.2 Å². The molecule has 0 radical (unpaired) electrons. The smallest absolute Gasteiger partial charge is 0.410 e. The van der Waals surface area contributed by atoms with Crippen molar-refractivity contribution < 1.29 is 24.2 Å². The molecule has 0 bridgehead atoms. The first-order valence-electron chi connectivity index (χ1n) is 9.81. The molecule has 0 aliphatic carbocycles. The van der Waals surface area contributed by atoms with Crippen LogP contribution in [0.5, 0.6) is 0 Å². The van der Waals surface area contributed by atoms with E-state index in [1.165, 1.54) is 11.9 Å². The van der Waals surface area contributed by atoms with Crippen LogP contribution in [0.2, 0.25) is 0 Å². The molecule has 0 fully saturated rings. The van der Waals surface area contributed by atoms with Crippen molar-refractivity contribution in [2.24, 2.45) is 0 Å². The highest BCUT2D eigenvalue weighted by Gasteiger charge is 2.32. The Hall–Kier alpha value is -3.35. The lowest BCUT2D eigenvalue weighted by molar-refractivity contribution is -0.145. The zero-order chi connectivity index (χ0) is 22.1. The van der Waals surface area contributed by atoms with E-state index in [1.54, 1.807) is 6.92 Å². The number of rotatable bonds is 9. The molecule has 0 aliphatic rings. The van der Waals surface area contributed by atoms with Crippen molar-refractivity contribution in [1.82, 2.24) is 9.80 Å². The highest BCUT2D eigenvalue weighted by molar-refractivity contribution is 5.88. The summed E-state index contributed by atoms with van der Waals surface area (Å²) in [7, 11) is 1.42. The van der Waals surface area contributed by atoms with Gasteiger partial charge < -0.3 is 14.7 Å². The highest BCUT2D eigenvalue weighted by atomic mass is 16.6. The van der Waals surface area contributed by atoms with Crippen molar-refractivity contribution in [2.45, 2.75) is 32.9 Å². The van der Waals surface area contributed by atoms with Crippen molar-refractivity contribution in [1.29, 1.82) is 0 Å². The molecule has 7 nitrogen and oxygen atoms in total. The van der Waals surface area contributed by atoms with Gasteiger partial charge in [0.15, 0.2) is 0 Å². The van der Waals surface area contributed by atoms with Crippen LogP contribution in [-0.2, 0) is 27.4 Å². The summed E-state index contributed by atoms with van der Waals surface area (Å²) in [4.78, 5) is 39.4. The van der Waals surface area contributed by atoms with Crippen LogP contribution in [0.15, 0.2) is 54.6 Å². The molecule has 2 amide bonds. The number of hydrogen-bond donors (Lipinski definition) is 1. The predicted molar refractivity (Wildman–Crippen MR) is 113 cm³/mol. The van der Waals surface area contributed by atoms with Gasteiger partial charge >= 0.3 is 12.1 Å². The molecular weight excluding hydrogens is 384 g/mol. The van der Waals surface area contributed by atoms with Crippen LogP contribution in [0.4, 0.5) is 4.79 Å². The summed E-state index contributed by atoms with van der Waals surface area (Å²) < 4.78 is 5.43. The van der Waals surface area contributed by atoms with E-state index in [0.717, 1.165) is 21.6 Å². The topological polar surface area (TPSA) is 87.2 Å². The largest absolute Gasteiger partial charge is 0.480 e. The van der Waals surface area contributed by atoms with E-state index in [4.69, 9.17) is 9.84 Å². The zero-order valence-corrected chi connectivity index (χ0v) is 17.6. The SMILES string of the molecule is CCN(C(=O)OCc1ccccc1)[C@@H](Cc1ccc(C)cc1)C(=O)N(C)CC(=O)O. The van der Waals surface area contributed by atoms with Crippen LogP contribution in [0.3, 0.4) is 0 Å². The van der Waals surface area contributed by atoms with Crippen LogP contribution in [0.1, 0.15) is 23.6 Å². The second kappa shape index (κ2) is 11.0. The molecule has 2 aromatic carbocycles. The fourth-order valence-electron chi connectivity index (χ4n) is 3.09. The number of aliphatic carboxylic acids is 1. The first-order valence-corrected chi connectivity index (χ1v) is 9.81. The molecule has 30 heavy (non-hydrogen) atoms. The molecule has 0 saturated carbocycles. The minimum absolute atomic E-state index is 0.0899. The fraction of sp³-hybridized carbons (Fsp3) is 0.348. The second-order valence-corrected chi connectivity index (χ2v) is 7.12. The van der Waals surface area contributed by atoms with E-state index in [2.05, 4.69) is 0 Å². The molecule has 0 unspecified atom stereocenters. The van der Waals surface area contributed by atoms with E-state index in [-0.39, 0.29) is 19.6 Å². The number of nitrogens with zero attached hydrogens (tertiary/aromatic N) is 2. The van der Waals surface area contributed by atoms with Crippen molar-refractivity contribution in [2.75, 3.05) is 20.1 Å². The van der Waals surface area contributed by atoms with Crippen LogP contribution in [-0.4, -0.2) is 59.1 Å². The number of carboxylic acids is 1. The van der Waals surface area contributed by atoms with Gasteiger partial charge in [0.1, 0.15) is 19.2 Å². The molecule has 1 atom stereocenters. The van der Waals surface area contributed by atoms with E-state index >= 15 is 0 Å². The van der Waals surface area contributed by atoms with E-state index in [0.29, 0.717) is 0 Å². The van der Waals surface area contributed by atoms with Crippen LogP contribution in [0.25, 0.3) is 0 Å². The normalized spacial score (nSPS) is 11.4. The van der Waals surface area contributed by atoms with Crippen molar-refractivity contribution in [3.05, 3.63) is 71.3 Å². The zero-order valence-electron chi connectivity index (χ0n) is 17.6. The van der Waals surface area contributed by atoms with E-state index in [1.807, 2.05) is 61.5 Å². The summed E-state index contributed by atoms with van der Waals surface area (Å²) in [5, 5.41) is 9.05. The lowest BCUT2D eigenvalue weighted by atomic mass is 10.0. The number of carbonyl (C=O) groups is 3. The number of carbonyl (C=O) groups excluding carboxylic acids is 2. The molecule has 0 heterocycles. The van der Waals surface area contributed by atoms with Crippen LogP contribution in [0, 0.1) is 6.92 Å². The maximum absolute atomic E-state index is 13.0. The van der Waals surface area contributed by atoms with Crippen LogP contribution >= 0.6 is 0 Å². The van der Waals surface area contributed by atoms with Crippen LogP contribution < -0.4 is 0 Å². The average molecular weight is 412 g/mol. The van der Waals surface area contributed by atoms with Gasteiger partial charge in [-0.05, 0) is 25.0 Å². The number of amides is 2. The predicted octanol–water partition coefficient (Wildman–Crippen LogP) is 3.11. The Kier molecular flexibility index (Phi) is 8.41. The molecule has 7 heteroatoms. The molecule has 160 valence electrons. The van der Waals surface area contributed by atoms with E-state index in [9.17, 15) is 14.4 Å². The van der Waals surface area contributed by atoms with Gasteiger partial charge in [-0.3, -0.25) is 14.5 Å². The molecule has 2 rings (SSSR count). The van der Waals surface area contributed by atoms with Gasteiger partial charge in [0.05, 0.1) is 0 Å². The summed E-state index contributed by atoms with van der Waals surface area (Å²) in [6.45, 7) is 3.62. The Morgan fingerprint density at radius 2 is 1.63 bits per heavy atom. The lowest BCUT2D eigenvalue weighted by Gasteiger charge is -2.32. The summed E-state index contributed by atoms with van der Waals surface area (Å²) in [6, 6.07) is 16.1. The second-order valence-electron chi connectivity index (χ2n) is 7.12. The Balaban J connectivity index is 2.21. The Morgan fingerprint density at radius 1 is 1.00 bits per heavy atom. The number of hydrogen-bond acceptors (Lipinski definition) is 4. The number of ether oxygens (including phenoxy) is 1. The van der Waals surface area contributed by atoms with Gasteiger partial charge in [0.2, 0.25) is 5.91 Å². The number of benzene rings is 2. The van der Waals surface area contributed by atoms with Gasteiger partial charge in [-0.15, -0.1) is 0 Å². The summed E-state index contributed by atoms with van der Waals surface area (Å²) in [5.74, 6) is -1.56. The maximum Gasteiger partial charge on any atom is 0.410 e. The summed E-state index contributed by atoms with van der Waals surface area (Å²) in [6.07, 6.45) is -0.354. The van der Waals surface area contributed by atoms with Gasteiger partial charge in [-0.2, -0.15) is 0 Å². The third-order valence-electron chi connectivity index (χ3n) is 4.74. The van der Waals surface area contributed by atoms with Gasteiger partial charge in [0.25, 0.3) is 0 Å². The number of likely N-dealkylation sites (N-methyl/N-ethyl adjacent to an activating group) is 2. The van der Waals surface area contributed by atoms with Crippen molar-refractivity contribution >= 4 is 18.0 Å². The third kappa shape index (κ3) is 6.62. The Bertz CT molecular complexity index is 852. The standard InChI is InChI=1S/C23H28N2O5/c1-4-25(23(29)30-16-19-8-6-5-7-9-19)20(22(28)24(3)15-21(26)27)14-18-12-10-17(2)11-13-18/h5-13,20H,4,14-16H2,1-3H3,(H,26,27)/t20-/m0/s1. The van der Waals surface area contributed by atoms with Gasteiger partial charge in [-0.25, -0.2) is 4.79 Å². The molecule has 1 N–H and O–H groups in total. The summed E-state index contributed by atoms with van der Waals surface area (Å²) in [5.41, 5.74) is 2.79. The first-order chi connectivity index (χ1) is 14.3. The minimum atomic E-state index is -1.12. The number of aryl methyl sites for hydroxylation is 1. The monoisotopic (exact) mass is 412 g/mol. The molecule has 0 spiro atoms. The molecular formula is C23H28N2O5. The van der Waals surface area contributed by atoms with E-state index < -0.39 is 30.6 Å². The molecule has 0 aromatic heterocycles. The average Bonchev–Trinajstić information content (AvgIpc) is 2.73. The Morgan fingerprint density at radius 3 is 2.20 bits per heavy atom. The minimum Gasteiger partial charge on any atom is -0.480 e. The van der Waals surface area contributed by atoms with Crippen molar-refractivity contribution in [3.8, 4) is 0 Å². The lowest BCUT2D eigenvalue weighted by Crippen LogP contribution is -2.52. The van der Waals surface area contributed by atoms with Crippen molar-refractivity contribution in [3.63, 3.8) is 0 Å².